The van der Waals surface area contributed by atoms with Gasteiger partial charge in [0, 0.05) is 25.3 Å². The van der Waals surface area contributed by atoms with Crippen molar-refractivity contribution in [3.63, 3.8) is 0 Å². The molecule has 0 aliphatic carbocycles. The minimum absolute atomic E-state index is 0.0118. The van der Waals surface area contributed by atoms with Crippen molar-refractivity contribution < 1.29 is 9.53 Å². The molecule has 0 atom stereocenters. The monoisotopic (exact) mass is 334 g/mol. The van der Waals surface area contributed by atoms with Gasteiger partial charge in [-0.05, 0) is 30.7 Å². The zero-order valence-electron chi connectivity index (χ0n) is 14.3. The van der Waals surface area contributed by atoms with Crippen LogP contribution in [0.1, 0.15) is 28.4 Å². The minimum atomic E-state index is -0.638. The van der Waals surface area contributed by atoms with Crippen LogP contribution in [0.5, 0.6) is 0 Å². The van der Waals surface area contributed by atoms with Crippen LogP contribution in [0.25, 0.3) is 11.1 Å². The molecule has 2 aromatic carbocycles. The molecule has 126 valence electrons. The average Bonchev–Trinajstić information content (AvgIpc) is 2.61. The second-order valence-electron chi connectivity index (χ2n) is 5.52. The lowest BCUT2D eigenvalue weighted by molar-refractivity contribution is 0.0526. The van der Waals surface area contributed by atoms with E-state index in [2.05, 4.69) is 0 Å². The zero-order chi connectivity index (χ0) is 18.6. The second kappa shape index (κ2) is 7.37. The highest BCUT2D eigenvalue weighted by molar-refractivity contribution is 5.98. The summed E-state index contributed by atoms with van der Waals surface area (Å²) in [6, 6.07) is 12.9. The highest BCUT2D eigenvalue weighted by Gasteiger charge is 2.22. The topological polar surface area (TPSA) is 103 Å². The number of carbonyl (C=O) groups is 1. The van der Waals surface area contributed by atoms with Gasteiger partial charge in [-0.1, -0.05) is 12.1 Å². The fourth-order valence-electron chi connectivity index (χ4n) is 2.48. The van der Waals surface area contributed by atoms with Gasteiger partial charge in [0.05, 0.1) is 29.0 Å². The lowest BCUT2D eigenvalue weighted by atomic mass is 9.92. The highest BCUT2D eigenvalue weighted by Crippen LogP contribution is 2.33. The molecule has 6 heteroatoms. The van der Waals surface area contributed by atoms with E-state index in [1.54, 1.807) is 6.92 Å². The SMILES string of the molecule is CCOC(=O)c1cc(-c2ccc(N(C)C)cc2)c(C#N)c(N)c1C#N. The number of anilines is 2. The summed E-state index contributed by atoms with van der Waals surface area (Å²) in [4.78, 5) is 14.1. The molecule has 0 spiro atoms. The van der Waals surface area contributed by atoms with Crippen molar-refractivity contribution >= 4 is 17.3 Å². The van der Waals surface area contributed by atoms with E-state index in [0.29, 0.717) is 5.56 Å². The van der Waals surface area contributed by atoms with Gasteiger partial charge in [-0.3, -0.25) is 0 Å². The number of esters is 1. The number of rotatable bonds is 4. The van der Waals surface area contributed by atoms with Crippen molar-refractivity contribution in [2.45, 2.75) is 6.92 Å². The highest BCUT2D eigenvalue weighted by atomic mass is 16.5. The van der Waals surface area contributed by atoms with Crippen LogP contribution in [0.3, 0.4) is 0 Å². The molecule has 0 bridgehead atoms. The predicted octanol–water partition coefficient (Wildman–Crippen LogP) is 2.92. The minimum Gasteiger partial charge on any atom is -0.462 e. The fraction of sp³-hybridized carbons (Fsp3) is 0.211. The molecule has 0 aliphatic heterocycles. The van der Waals surface area contributed by atoms with E-state index in [1.807, 2.05) is 55.4 Å². The smallest absolute Gasteiger partial charge is 0.339 e. The van der Waals surface area contributed by atoms with Gasteiger partial charge in [-0.15, -0.1) is 0 Å². The Morgan fingerprint density at radius 1 is 1.16 bits per heavy atom. The van der Waals surface area contributed by atoms with Gasteiger partial charge >= 0.3 is 5.97 Å². The number of carbonyl (C=O) groups excluding carboxylic acids is 1. The number of hydrogen-bond acceptors (Lipinski definition) is 6. The summed E-state index contributed by atoms with van der Waals surface area (Å²) in [5, 5.41) is 18.8. The van der Waals surface area contributed by atoms with Gasteiger partial charge in [0.2, 0.25) is 0 Å². The van der Waals surface area contributed by atoms with Gasteiger partial charge in [0.1, 0.15) is 12.1 Å². The third kappa shape index (κ3) is 3.39. The normalized spacial score (nSPS) is 9.80. The molecule has 0 fully saturated rings. The quantitative estimate of drug-likeness (QED) is 0.681. The molecule has 2 aromatic rings. The van der Waals surface area contributed by atoms with Crippen LogP contribution in [-0.2, 0) is 4.74 Å². The summed E-state index contributed by atoms with van der Waals surface area (Å²) in [7, 11) is 3.85. The van der Waals surface area contributed by atoms with Crippen molar-refractivity contribution in [2.75, 3.05) is 31.3 Å². The van der Waals surface area contributed by atoms with Crippen molar-refractivity contribution in [3.8, 4) is 23.3 Å². The number of ether oxygens (including phenoxy) is 1. The summed E-state index contributed by atoms with van der Waals surface area (Å²) < 4.78 is 5.01. The van der Waals surface area contributed by atoms with Crippen LogP contribution in [0.15, 0.2) is 30.3 Å². The first-order valence-corrected chi connectivity index (χ1v) is 7.66. The van der Waals surface area contributed by atoms with Crippen molar-refractivity contribution in [3.05, 3.63) is 47.0 Å². The van der Waals surface area contributed by atoms with Crippen LogP contribution in [0, 0.1) is 22.7 Å². The Labute approximate surface area is 146 Å². The summed E-state index contributed by atoms with van der Waals surface area (Å²) in [5.74, 6) is -0.638. The number of benzene rings is 2. The van der Waals surface area contributed by atoms with E-state index in [4.69, 9.17) is 10.5 Å². The first-order chi connectivity index (χ1) is 11.9. The maximum absolute atomic E-state index is 12.2. The molecular weight excluding hydrogens is 316 g/mol. The summed E-state index contributed by atoms with van der Waals surface area (Å²) in [6.45, 7) is 1.86. The summed E-state index contributed by atoms with van der Waals surface area (Å²) in [5.41, 5.74) is 8.39. The Bertz CT molecular complexity index is 888. The molecule has 0 aromatic heterocycles. The van der Waals surface area contributed by atoms with Crippen LogP contribution >= 0.6 is 0 Å². The van der Waals surface area contributed by atoms with Crippen LogP contribution in [0.4, 0.5) is 11.4 Å². The average molecular weight is 334 g/mol. The Hall–Kier alpha value is -3.51. The van der Waals surface area contributed by atoms with E-state index in [-0.39, 0.29) is 29.0 Å². The van der Waals surface area contributed by atoms with Gasteiger partial charge in [-0.25, -0.2) is 4.79 Å². The third-order valence-electron chi connectivity index (χ3n) is 3.78. The Kier molecular flexibility index (Phi) is 5.26. The van der Waals surface area contributed by atoms with Gasteiger partial charge < -0.3 is 15.4 Å². The lowest BCUT2D eigenvalue weighted by Gasteiger charge is -2.15. The molecule has 0 radical (unpaired) electrons. The number of nitrogens with zero attached hydrogens (tertiary/aromatic N) is 3. The van der Waals surface area contributed by atoms with Gasteiger partial charge in [0.25, 0.3) is 0 Å². The van der Waals surface area contributed by atoms with Crippen LogP contribution in [0.2, 0.25) is 0 Å². The Balaban J connectivity index is 2.71. The standard InChI is InChI=1S/C19H18N4O2/c1-4-25-19(24)15-9-14(16(10-20)18(22)17(15)11-21)12-5-7-13(8-6-12)23(2)3/h5-9H,4,22H2,1-3H3. The predicted molar refractivity (Wildman–Crippen MR) is 96.0 cm³/mol. The summed E-state index contributed by atoms with van der Waals surface area (Å²) >= 11 is 0. The van der Waals surface area contributed by atoms with Crippen molar-refractivity contribution in [1.29, 1.82) is 10.5 Å². The second-order valence-corrected chi connectivity index (χ2v) is 5.52. The Morgan fingerprint density at radius 3 is 2.24 bits per heavy atom. The van der Waals surface area contributed by atoms with Crippen molar-refractivity contribution in [1.82, 2.24) is 0 Å². The van der Waals surface area contributed by atoms with Gasteiger partial charge in [0.15, 0.2) is 0 Å². The van der Waals surface area contributed by atoms with E-state index in [0.717, 1.165) is 11.3 Å². The number of nitrogens with two attached hydrogens (primary N) is 1. The number of hydrogen-bond donors (Lipinski definition) is 1. The van der Waals surface area contributed by atoms with E-state index in [1.165, 1.54) is 6.07 Å². The van der Waals surface area contributed by atoms with Crippen LogP contribution < -0.4 is 10.6 Å². The maximum atomic E-state index is 12.2. The molecule has 6 nitrogen and oxygen atoms in total. The van der Waals surface area contributed by atoms with Crippen LogP contribution in [-0.4, -0.2) is 26.7 Å². The molecule has 0 unspecified atom stereocenters. The molecule has 0 amide bonds. The zero-order valence-corrected chi connectivity index (χ0v) is 14.3. The fourth-order valence-corrected chi connectivity index (χ4v) is 2.48. The molecule has 0 heterocycles. The molecule has 2 rings (SSSR count). The molecule has 0 saturated heterocycles. The first-order valence-electron chi connectivity index (χ1n) is 7.66. The van der Waals surface area contributed by atoms with Crippen molar-refractivity contribution in [2.24, 2.45) is 0 Å². The lowest BCUT2D eigenvalue weighted by Crippen LogP contribution is -2.11. The Morgan fingerprint density at radius 2 is 1.76 bits per heavy atom. The molecule has 0 saturated carbocycles. The maximum Gasteiger partial charge on any atom is 0.339 e. The van der Waals surface area contributed by atoms with E-state index in [9.17, 15) is 15.3 Å². The molecule has 2 N–H and O–H groups in total. The third-order valence-corrected chi connectivity index (χ3v) is 3.78. The van der Waals surface area contributed by atoms with Gasteiger partial charge in [-0.2, -0.15) is 10.5 Å². The largest absolute Gasteiger partial charge is 0.462 e. The number of nitrogen functional groups attached to an aromatic ring is 1. The first kappa shape index (κ1) is 17.8. The molecule has 0 aliphatic rings. The molecule has 25 heavy (non-hydrogen) atoms. The van der Waals surface area contributed by atoms with E-state index >= 15 is 0 Å². The number of nitriles is 2. The summed E-state index contributed by atoms with van der Waals surface area (Å²) in [6.07, 6.45) is 0. The van der Waals surface area contributed by atoms with E-state index < -0.39 is 5.97 Å². The molecular formula is C19H18N4O2.